The van der Waals surface area contributed by atoms with Crippen molar-refractivity contribution >= 4 is 10.0 Å². The van der Waals surface area contributed by atoms with Crippen LogP contribution in [0.3, 0.4) is 0 Å². The zero-order valence-corrected chi connectivity index (χ0v) is 14.8. The van der Waals surface area contributed by atoms with Crippen molar-refractivity contribution in [1.82, 2.24) is 4.31 Å². The van der Waals surface area contributed by atoms with Crippen LogP contribution in [0.2, 0.25) is 0 Å². The van der Waals surface area contributed by atoms with Gasteiger partial charge in [-0.1, -0.05) is 30.3 Å². The lowest BCUT2D eigenvalue weighted by Gasteiger charge is -2.36. The summed E-state index contributed by atoms with van der Waals surface area (Å²) in [6.45, 7) is 0.445. The molecule has 6 heteroatoms. The maximum atomic E-state index is 12.3. The van der Waals surface area contributed by atoms with E-state index in [0.29, 0.717) is 24.5 Å². The highest BCUT2D eigenvalue weighted by Gasteiger charge is 2.35. The molecule has 0 amide bonds. The van der Waals surface area contributed by atoms with Crippen LogP contribution in [0.1, 0.15) is 22.7 Å². The van der Waals surface area contributed by atoms with Gasteiger partial charge in [-0.05, 0) is 35.2 Å². The molecule has 0 unspecified atom stereocenters. The first-order valence-electron chi connectivity index (χ1n) is 7.72. The standard InChI is InChI=1S/C18H21NO4S/c1-22-16-11-14-9-10-19(24(3,20)21)18(13-7-5-4-6-8-13)15(14)12-17(16)23-2/h4-8,11-12,18H,9-10H2,1-3H3/t18-/m0/s1. The summed E-state index contributed by atoms with van der Waals surface area (Å²) in [6, 6.07) is 13.2. The Morgan fingerprint density at radius 3 is 2.25 bits per heavy atom. The minimum Gasteiger partial charge on any atom is -0.493 e. The number of nitrogens with zero attached hydrogens (tertiary/aromatic N) is 1. The zero-order valence-electron chi connectivity index (χ0n) is 14.0. The molecule has 3 rings (SSSR count). The molecule has 2 aromatic carbocycles. The normalized spacial score (nSPS) is 18.0. The fraction of sp³-hybridized carbons (Fsp3) is 0.333. The van der Waals surface area contributed by atoms with Gasteiger partial charge in [0, 0.05) is 6.54 Å². The zero-order chi connectivity index (χ0) is 17.3. The second-order valence-corrected chi connectivity index (χ2v) is 7.78. The first-order chi connectivity index (χ1) is 11.5. The molecular weight excluding hydrogens is 326 g/mol. The van der Waals surface area contributed by atoms with Gasteiger partial charge in [0.2, 0.25) is 10.0 Å². The molecule has 5 nitrogen and oxygen atoms in total. The molecule has 2 aromatic rings. The molecule has 1 aliphatic heterocycles. The van der Waals surface area contributed by atoms with Crippen LogP contribution in [0, 0.1) is 0 Å². The van der Waals surface area contributed by atoms with Crippen molar-refractivity contribution in [2.45, 2.75) is 12.5 Å². The third-order valence-corrected chi connectivity index (χ3v) is 5.62. The highest BCUT2D eigenvalue weighted by Crippen LogP contribution is 2.41. The van der Waals surface area contributed by atoms with Crippen LogP contribution in [0.5, 0.6) is 11.5 Å². The van der Waals surface area contributed by atoms with Gasteiger partial charge in [-0.3, -0.25) is 0 Å². The third kappa shape index (κ3) is 2.99. The van der Waals surface area contributed by atoms with Crippen molar-refractivity contribution in [1.29, 1.82) is 0 Å². The molecule has 1 atom stereocenters. The molecule has 128 valence electrons. The van der Waals surface area contributed by atoms with E-state index in [2.05, 4.69) is 0 Å². The molecule has 1 heterocycles. The summed E-state index contributed by atoms with van der Waals surface area (Å²) in [6.07, 6.45) is 1.90. The first-order valence-corrected chi connectivity index (χ1v) is 9.57. The van der Waals surface area contributed by atoms with E-state index in [0.717, 1.165) is 16.7 Å². The van der Waals surface area contributed by atoms with Crippen molar-refractivity contribution in [3.05, 3.63) is 59.2 Å². The maximum Gasteiger partial charge on any atom is 0.212 e. The number of fused-ring (bicyclic) bond motifs is 1. The van der Waals surface area contributed by atoms with Crippen molar-refractivity contribution in [3.63, 3.8) is 0 Å². The summed E-state index contributed by atoms with van der Waals surface area (Å²) in [5, 5.41) is 0. The fourth-order valence-corrected chi connectivity index (χ4v) is 4.30. The number of hydrogen-bond donors (Lipinski definition) is 0. The topological polar surface area (TPSA) is 55.8 Å². The van der Waals surface area contributed by atoms with Crippen LogP contribution in [0.4, 0.5) is 0 Å². The summed E-state index contributed by atoms with van der Waals surface area (Å²) >= 11 is 0. The number of ether oxygens (including phenoxy) is 2. The minimum absolute atomic E-state index is 0.357. The Bertz CT molecular complexity index is 834. The fourth-order valence-electron chi connectivity index (χ4n) is 3.26. The van der Waals surface area contributed by atoms with E-state index >= 15 is 0 Å². The van der Waals surface area contributed by atoms with Gasteiger partial charge in [-0.2, -0.15) is 4.31 Å². The van der Waals surface area contributed by atoms with E-state index in [1.54, 1.807) is 18.5 Å². The molecule has 0 fully saturated rings. The van der Waals surface area contributed by atoms with E-state index < -0.39 is 10.0 Å². The minimum atomic E-state index is -3.34. The lowest BCUT2D eigenvalue weighted by atomic mass is 9.89. The van der Waals surface area contributed by atoms with Gasteiger partial charge in [0.15, 0.2) is 11.5 Å². The predicted octanol–water partition coefficient (Wildman–Crippen LogP) is 2.61. The number of benzene rings is 2. The lowest BCUT2D eigenvalue weighted by molar-refractivity contribution is 0.333. The molecule has 0 aliphatic carbocycles. The smallest absolute Gasteiger partial charge is 0.212 e. The number of rotatable bonds is 4. The highest BCUT2D eigenvalue weighted by molar-refractivity contribution is 7.88. The van der Waals surface area contributed by atoms with Crippen molar-refractivity contribution in [2.24, 2.45) is 0 Å². The monoisotopic (exact) mass is 347 g/mol. The molecule has 0 spiro atoms. The van der Waals surface area contributed by atoms with Crippen LogP contribution in [0.15, 0.2) is 42.5 Å². The largest absolute Gasteiger partial charge is 0.493 e. The Kier molecular flexibility index (Phi) is 4.51. The predicted molar refractivity (Wildman–Crippen MR) is 93.1 cm³/mol. The summed E-state index contributed by atoms with van der Waals surface area (Å²) in [5.41, 5.74) is 2.97. The molecule has 0 saturated heterocycles. The van der Waals surface area contributed by atoms with Crippen LogP contribution < -0.4 is 9.47 Å². The Balaban J connectivity index is 2.21. The van der Waals surface area contributed by atoms with Crippen molar-refractivity contribution in [2.75, 3.05) is 27.0 Å². The Morgan fingerprint density at radius 2 is 1.67 bits per heavy atom. The summed E-state index contributed by atoms with van der Waals surface area (Å²) in [4.78, 5) is 0. The first kappa shape index (κ1) is 16.8. The number of methoxy groups -OCH3 is 2. The van der Waals surface area contributed by atoms with Gasteiger partial charge in [-0.15, -0.1) is 0 Å². The van der Waals surface area contributed by atoms with Crippen molar-refractivity contribution < 1.29 is 17.9 Å². The molecule has 0 saturated carbocycles. The van der Waals surface area contributed by atoms with Crippen LogP contribution in [-0.4, -0.2) is 39.7 Å². The van der Waals surface area contributed by atoms with Crippen LogP contribution in [0.25, 0.3) is 0 Å². The second-order valence-electron chi connectivity index (χ2n) is 5.84. The second kappa shape index (κ2) is 6.45. The van der Waals surface area contributed by atoms with Crippen molar-refractivity contribution in [3.8, 4) is 11.5 Å². The Morgan fingerprint density at radius 1 is 1.04 bits per heavy atom. The summed E-state index contributed by atoms with van der Waals surface area (Å²) in [5.74, 6) is 1.27. The molecule has 1 aliphatic rings. The average Bonchev–Trinajstić information content (AvgIpc) is 2.59. The quantitative estimate of drug-likeness (QED) is 0.853. The van der Waals surface area contributed by atoms with Gasteiger partial charge in [0.25, 0.3) is 0 Å². The lowest BCUT2D eigenvalue weighted by Crippen LogP contribution is -2.40. The van der Waals surface area contributed by atoms with E-state index in [1.165, 1.54) is 6.26 Å². The van der Waals surface area contributed by atoms with Crippen LogP contribution in [-0.2, 0) is 16.4 Å². The van der Waals surface area contributed by atoms with Gasteiger partial charge >= 0.3 is 0 Å². The number of hydrogen-bond acceptors (Lipinski definition) is 4. The SMILES string of the molecule is COc1cc2c(cc1OC)[C@H](c1ccccc1)N(S(C)(=O)=O)CC2. The molecule has 0 aromatic heterocycles. The maximum absolute atomic E-state index is 12.3. The van der Waals surface area contributed by atoms with E-state index in [1.807, 2.05) is 42.5 Å². The summed E-state index contributed by atoms with van der Waals surface area (Å²) in [7, 11) is -0.156. The van der Waals surface area contributed by atoms with Gasteiger partial charge in [0.1, 0.15) is 0 Å². The average molecular weight is 347 g/mol. The molecule has 24 heavy (non-hydrogen) atoms. The third-order valence-electron chi connectivity index (χ3n) is 4.37. The highest BCUT2D eigenvalue weighted by atomic mass is 32.2. The van der Waals surface area contributed by atoms with E-state index in [-0.39, 0.29) is 6.04 Å². The Hall–Kier alpha value is -2.05. The number of sulfonamides is 1. The summed E-state index contributed by atoms with van der Waals surface area (Å²) < 4.78 is 37.0. The van der Waals surface area contributed by atoms with E-state index in [4.69, 9.17) is 9.47 Å². The molecule has 0 bridgehead atoms. The van der Waals surface area contributed by atoms with Gasteiger partial charge in [-0.25, -0.2) is 8.42 Å². The molecule has 0 N–H and O–H groups in total. The van der Waals surface area contributed by atoms with Crippen LogP contribution >= 0.6 is 0 Å². The van der Waals surface area contributed by atoms with Gasteiger partial charge < -0.3 is 9.47 Å². The molecular formula is C18H21NO4S. The Labute approximate surface area is 142 Å². The molecule has 0 radical (unpaired) electrons. The van der Waals surface area contributed by atoms with Gasteiger partial charge in [0.05, 0.1) is 26.5 Å². The van der Waals surface area contributed by atoms with E-state index in [9.17, 15) is 8.42 Å².